The summed E-state index contributed by atoms with van der Waals surface area (Å²) >= 11 is 0. The number of hydrogen-bond acceptors (Lipinski definition) is 4. The Balaban J connectivity index is 1.89. The number of carbonyl (C=O) groups excluding carboxylic acids is 3. The highest BCUT2D eigenvalue weighted by atomic mass is 16.5. The summed E-state index contributed by atoms with van der Waals surface area (Å²) in [5.41, 5.74) is 2.95. The smallest absolute Gasteiger partial charge is 0.325 e. The second-order valence-electron chi connectivity index (χ2n) is 7.48. The second-order valence-corrected chi connectivity index (χ2v) is 7.48. The maximum atomic E-state index is 13.3. The maximum Gasteiger partial charge on any atom is 0.325 e. The molecule has 0 saturated carbocycles. The fourth-order valence-electron chi connectivity index (χ4n) is 3.77. The Morgan fingerprint density at radius 3 is 2.24 bits per heavy atom. The van der Waals surface area contributed by atoms with Crippen molar-refractivity contribution in [1.29, 1.82) is 0 Å². The zero-order valence-electron chi connectivity index (χ0n) is 17.5. The van der Waals surface area contributed by atoms with Gasteiger partial charge in [-0.1, -0.05) is 25.1 Å². The molecular weight excluding hydrogens is 368 g/mol. The Morgan fingerprint density at radius 1 is 1.03 bits per heavy atom. The summed E-state index contributed by atoms with van der Waals surface area (Å²) in [6, 6.07) is 10.2. The number of rotatable bonds is 6. The third-order valence-electron chi connectivity index (χ3n) is 5.73. The Labute approximate surface area is 170 Å². The lowest BCUT2D eigenvalue weighted by atomic mass is 9.87. The molecular formula is C23H26N2O4. The summed E-state index contributed by atoms with van der Waals surface area (Å²) in [7, 11) is 1.56. The van der Waals surface area contributed by atoms with E-state index in [1.165, 1.54) is 0 Å². The van der Waals surface area contributed by atoms with E-state index in [4.69, 9.17) is 4.74 Å². The number of ketones is 1. The lowest BCUT2D eigenvalue weighted by molar-refractivity contribution is -0.131. The average molecular weight is 394 g/mol. The minimum atomic E-state index is -1.18. The van der Waals surface area contributed by atoms with Crippen LogP contribution in [0, 0.1) is 20.8 Å². The van der Waals surface area contributed by atoms with E-state index < -0.39 is 17.5 Å². The van der Waals surface area contributed by atoms with Crippen LogP contribution in [-0.2, 0) is 10.3 Å². The number of hydrogen-bond donors (Lipinski definition) is 1. The molecule has 1 aliphatic rings. The molecule has 0 aromatic heterocycles. The Kier molecular flexibility index (Phi) is 5.46. The molecule has 3 rings (SSSR count). The standard InChI is InChI=1S/C23H26N2O4/c1-6-23(17-7-9-18(29-5)10-8-17)21(27)25(22(28)24-23)13-20(26)19-12-15(3)14(2)11-16(19)4/h7-12H,6,13H2,1-5H3,(H,24,28)/t23-/m0/s1. The first-order valence-corrected chi connectivity index (χ1v) is 9.63. The molecule has 0 radical (unpaired) electrons. The van der Waals surface area contributed by atoms with Crippen molar-refractivity contribution in [1.82, 2.24) is 10.2 Å². The van der Waals surface area contributed by atoms with Crippen LogP contribution in [0.3, 0.4) is 0 Å². The van der Waals surface area contributed by atoms with Gasteiger partial charge in [0.15, 0.2) is 5.78 Å². The number of Topliss-reactive ketones (excluding diaryl/α,β-unsaturated/α-hetero) is 1. The average Bonchev–Trinajstić information content (AvgIpc) is 2.95. The van der Waals surface area contributed by atoms with Gasteiger partial charge in [-0.25, -0.2) is 4.79 Å². The molecule has 1 fully saturated rings. The summed E-state index contributed by atoms with van der Waals surface area (Å²) in [6.45, 7) is 7.33. The van der Waals surface area contributed by atoms with Gasteiger partial charge in [-0.15, -0.1) is 0 Å². The molecule has 152 valence electrons. The van der Waals surface area contributed by atoms with Gasteiger partial charge in [-0.05, 0) is 67.6 Å². The highest BCUT2D eigenvalue weighted by Crippen LogP contribution is 2.33. The molecule has 0 spiro atoms. The monoisotopic (exact) mass is 394 g/mol. The van der Waals surface area contributed by atoms with Gasteiger partial charge in [0, 0.05) is 5.56 Å². The maximum absolute atomic E-state index is 13.3. The summed E-state index contributed by atoms with van der Waals surface area (Å²) in [4.78, 5) is 39.8. The van der Waals surface area contributed by atoms with Crippen LogP contribution in [0.25, 0.3) is 0 Å². The fraction of sp³-hybridized carbons (Fsp3) is 0.348. The highest BCUT2D eigenvalue weighted by Gasteiger charge is 2.51. The van der Waals surface area contributed by atoms with Crippen molar-refractivity contribution in [2.24, 2.45) is 0 Å². The first-order chi connectivity index (χ1) is 13.7. The third kappa shape index (κ3) is 3.50. The molecule has 3 amide bonds. The molecule has 1 aliphatic heterocycles. The number of benzene rings is 2. The van der Waals surface area contributed by atoms with Gasteiger partial charge in [0.2, 0.25) is 0 Å². The number of carbonyl (C=O) groups is 3. The molecule has 29 heavy (non-hydrogen) atoms. The molecule has 2 aromatic carbocycles. The van der Waals surface area contributed by atoms with Gasteiger partial charge in [-0.3, -0.25) is 14.5 Å². The number of ether oxygens (including phenoxy) is 1. The van der Waals surface area contributed by atoms with E-state index in [9.17, 15) is 14.4 Å². The zero-order chi connectivity index (χ0) is 21.3. The van der Waals surface area contributed by atoms with Crippen LogP contribution in [0.4, 0.5) is 4.79 Å². The summed E-state index contributed by atoms with van der Waals surface area (Å²) < 4.78 is 5.17. The number of amides is 3. The van der Waals surface area contributed by atoms with Crippen LogP contribution in [0.15, 0.2) is 36.4 Å². The Hall–Kier alpha value is -3.15. The van der Waals surface area contributed by atoms with Crippen molar-refractivity contribution >= 4 is 17.7 Å². The molecule has 1 heterocycles. The van der Waals surface area contributed by atoms with E-state index in [2.05, 4.69) is 5.32 Å². The SMILES string of the molecule is CC[C@@]1(c2ccc(OC)cc2)NC(=O)N(CC(=O)c2cc(C)c(C)cc2C)C1=O. The molecule has 0 bridgehead atoms. The predicted octanol–water partition coefficient (Wildman–Crippen LogP) is 3.66. The van der Waals surface area contributed by atoms with Gasteiger partial charge in [0.05, 0.1) is 13.7 Å². The number of imide groups is 1. The van der Waals surface area contributed by atoms with Crippen molar-refractivity contribution in [2.75, 3.05) is 13.7 Å². The number of methoxy groups -OCH3 is 1. The Morgan fingerprint density at radius 2 is 1.66 bits per heavy atom. The molecule has 2 aromatic rings. The summed E-state index contributed by atoms with van der Waals surface area (Å²) in [5.74, 6) is -0.00485. The van der Waals surface area contributed by atoms with Gasteiger partial charge >= 0.3 is 6.03 Å². The minimum Gasteiger partial charge on any atom is -0.497 e. The predicted molar refractivity (Wildman–Crippen MR) is 110 cm³/mol. The van der Waals surface area contributed by atoms with Gasteiger partial charge in [0.25, 0.3) is 5.91 Å². The van der Waals surface area contributed by atoms with Crippen LogP contribution in [0.1, 0.15) is 46.0 Å². The van der Waals surface area contributed by atoms with Crippen molar-refractivity contribution in [3.05, 3.63) is 64.2 Å². The molecule has 0 unspecified atom stereocenters. The zero-order valence-corrected chi connectivity index (χ0v) is 17.5. The quantitative estimate of drug-likeness (QED) is 0.599. The van der Waals surface area contributed by atoms with Crippen LogP contribution in [0.2, 0.25) is 0 Å². The van der Waals surface area contributed by atoms with Crippen LogP contribution in [-0.4, -0.2) is 36.3 Å². The van der Waals surface area contributed by atoms with Gasteiger partial charge < -0.3 is 10.1 Å². The molecule has 0 aliphatic carbocycles. The largest absolute Gasteiger partial charge is 0.497 e. The van der Waals surface area contributed by atoms with E-state index in [1.54, 1.807) is 31.4 Å². The van der Waals surface area contributed by atoms with E-state index >= 15 is 0 Å². The summed E-state index contributed by atoms with van der Waals surface area (Å²) in [5, 5.41) is 2.81. The number of urea groups is 1. The summed E-state index contributed by atoms with van der Waals surface area (Å²) in [6.07, 6.45) is 0.372. The molecule has 6 nitrogen and oxygen atoms in total. The number of aryl methyl sites for hydroxylation is 3. The van der Waals surface area contributed by atoms with Crippen molar-refractivity contribution in [3.63, 3.8) is 0 Å². The first-order valence-electron chi connectivity index (χ1n) is 9.63. The third-order valence-corrected chi connectivity index (χ3v) is 5.73. The first kappa shape index (κ1) is 20.6. The van der Waals surface area contributed by atoms with E-state index in [0.29, 0.717) is 23.3 Å². The molecule has 1 atom stereocenters. The van der Waals surface area contributed by atoms with Crippen LogP contribution in [0.5, 0.6) is 5.75 Å². The lowest BCUT2D eigenvalue weighted by Gasteiger charge is -2.26. The topological polar surface area (TPSA) is 75.7 Å². The van der Waals surface area contributed by atoms with Gasteiger partial charge in [0.1, 0.15) is 11.3 Å². The van der Waals surface area contributed by atoms with Crippen LogP contribution >= 0.6 is 0 Å². The molecule has 1 N–H and O–H groups in total. The Bertz CT molecular complexity index is 981. The van der Waals surface area contributed by atoms with Crippen molar-refractivity contribution in [2.45, 2.75) is 39.7 Å². The van der Waals surface area contributed by atoms with Crippen LogP contribution < -0.4 is 10.1 Å². The molecule has 1 saturated heterocycles. The molecule has 6 heteroatoms. The number of nitrogens with one attached hydrogen (secondary N) is 1. The van der Waals surface area contributed by atoms with E-state index in [-0.39, 0.29) is 12.3 Å². The minimum absolute atomic E-state index is 0.254. The fourth-order valence-corrected chi connectivity index (χ4v) is 3.77. The second kappa shape index (κ2) is 7.70. The van der Waals surface area contributed by atoms with Gasteiger partial charge in [-0.2, -0.15) is 0 Å². The highest BCUT2D eigenvalue weighted by molar-refractivity contribution is 6.11. The van der Waals surface area contributed by atoms with E-state index in [0.717, 1.165) is 21.6 Å². The normalized spacial score (nSPS) is 18.7. The van der Waals surface area contributed by atoms with Crippen molar-refractivity contribution in [3.8, 4) is 5.75 Å². The van der Waals surface area contributed by atoms with Crippen molar-refractivity contribution < 1.29 is 19.1 Å². The lowest BCUT2D eigenvalue weighted by Crippen LogP contribution is -2.43. The van der Waals surface area contributed by atoms with E-state index in [1.807, 2.05) is 39.8 Å². The number of nitrogens with zero attached hydrogens (tertiary/aromatic N) is 1.